The van der Waals surface area contributed by atoms with Gasteiger partial charge in [-0.1, -0.05) is 26.0 Å². The van der Waals surface area contributed by atoms with Crippen LogP contribution in [-0.4, -0.2) is 30.0 Å². The molecule has 0 aliphatic carbocycles. The number of carbonyl (C=O) groups is 2. The van der Waals surface area contributed by atoms with Crippen LogP contribution in [0, 0.1) is 6.92 Å². The summed E-state index contributed by atoms with van der Waals surface area (Å²) in [4.78, 5) is 31.2. The number of benzene rings is 1. The van der Waals surface area contributed by atoms with Crippen molar-refractivity contribution in [3.8, 4) is 0 Å². The molecule has 0 saturated carbocycles. The number of amides is 1. The Morgan fingerprint density at radius 3 is 2.67 bits per heavy atom. The highest BCUT2D eigenvalue weighted by atomic mass is 16.5. The van der Waals surface area contributed by atoms with E-state index < -0.39 is 5.97 Å². The number of rotatable bonds is 4. The maximum atomic E-state index is 13.1. The number of ether oxygens (including phenoxy) is 1. The summed E-state index contributed by atoms with van der Waals surface area (Å²) >= 11 is 0. The second-order valence-corrected chi connectivity index (χ2v) is 7.15. The number of carbonyl (C=O) groups excluding carboxylic acids is 2. The van der Waals surface area contributed by atoms with Crippen LogP contribution in [0.3, 0.4) is 0 Å². The first-order valence-electron chi connectivity index (χ1n) is 9.51. The van der Waals surface area contributed by atoms with Gasteiger partial charge in [0.05, 0.1) is 17.9 Å². The highest BCUT2D eigenvalue weighted by Crippen LogP contribution is 2.31. The van der Waals surface area contributed by atoms with Gasteiger partial charge in [0.15, 0.2) is 0 Å². The van der Waals surface area contributed by atoms with Gasteiger partial charge in [-0.05, 0) is 61.9 Å². The minimum absolute atomic E-state index is 0.133. The zero-order chi connectivity index (χ0) is 19.6. The maximum absolute atomic E-state index is 13.1. The van der Waals surface area contributed by atoms with E-state index in [0.717, 1.165) is 18.5 Å². The van der Waals surface area contributed by atoms with Crippen LogP contribution in [0.15, 0.2) is 30.3 Å². The Kier molecular flexibility index (Phi) is 5.59. The molecule has 3 rings (SSSR count). The number of nitrogens with zero attached hydrogens (tertiary/aromatic N) is 2. The minimum Gasteiger partial charge on any atom is -0.462 e. The average Bonchev–Trinajstić information content (AvgIpc) is 2.66. The number of pyridine rings is 1. The summed E-state index contributed by atoms with van der Waals surface area (Å²) in [5.74, 6) is -0.0843. The van der Waals surface area contributed by atoms with E-state index in [4.69, 9.17) is 4.74 Å². The Balaban J connectivity index is 1.89. The number of esters is 1. The Labute approximate surface area is 160 Å². The smallest absolute Gasteiger partial charge is 0.339 e. The molecule has 142 valence electrons. The number of fused-ring (bicyclic) bond motifs is 1. The molecule has 1 aromatic heterocycles. The lowest BCUT2D eigenvalue weighted by Crippen LogP contribution is -2.36. The zero-order valence-corrected chi connectivity index (χ0v) is 16.4. The predicted octanol–water partition coefficient (Wildman–Crippen LogP) is 4.28. The quantitative estimate of drug-likeness (QED) is 0.758. The monoisotopic (exact) mass is 366 g/mol. The van der Waals surface area contributed by atoms with E-state index in [1.807, 2.05) is 6.07 Å². The summed E-state index contributed by atoms with van der Waals surface area (Å²) < 4.78 is 5.03. The highest BCUT2D eigenvalue weighted by molar-refractivity contribution is 6.06. The number of anilines is 1. The van der Waals surface area contributed by atoms with Crippen molar-refractivity contribution in [3.05, 3.63) is 58.4 Å². The molecule has 1 aliphatic rings. The molecule has 0 radical (unpaired) electrons. The maximum Gasteiger partial charge on any atom is 0.339 e. The Morgan fingerprint density at radius 2 is 2.00 bits per heavy atom. The molecule has 5 heteroatoms. The van der Waals surface area contributed by atoms with Gasteiger partial charge in [-0.2, -0.15) is 0 Å². The summed E-state index contributed by atoms with van der Waals surface area (Å²) in [6, 6.07) is 9.58. The molecule has 0 unspecified atom stereocenters. The predicted molar refractivity (Wildman–Crippen MR) is 105 cm³/mol. The lowest BCUT2D eigenvalue weighted by Gasteiger charge is -2.30. The third kappa shape index (κ3) is 3.87. The lowest BCUT2D eigenvalue weighted by molar-refractivity contribution is 0.0524. The van der Waals surface area contributed by atoms with Crippen LogP contribution in [0.2, 0.25) is 0 Å². The molecular formula is C22H26N2O3. The van der Waals surface area contributed by atoms with E-state index in [-0.39, 0.29) is 5.91 Å². The fraction of sp³-hybridized carbons (Fsp3) is 0.409. The largest absolute Gasteiger partial charge is 0.462 e. The van der Waals surface area contributed by atoms with Crippen LogP contribution in [0.4, 0.5) is 5.69 Å². The zero-order valence-electron chi connectivity index (χ0n) is 16.4. The van der Waals surface area contributed by atoms with Gasteiger partial charge >= 0.3 is 5.97 Å². The van der Waals surface area contributed by atoms with Crippen molar-refractivity contribution in [1.29, 1.82) is 0 Å². The van der Waals surface area contributed by atoms with E-state index in [9.17, 15) is 9.59 Å². The molecule has 0 atom stereocenters. The molecule has 5 nitrogen and oxygen atoms in total. The lowest BCUT2D eigenvalue weighted by atomic mass is 9.94. The van der Waals surface area contributed by atoms with Crippen molar-refractivity contribution in [2.75, 3.05) is 18.1 Å². The van der Waals surface area contributed by atoms with Gasteiger partial charge < -0.3 is 9.64 Å². The number of aryl methyl sites for hydroxylation is 2. The first-order valence-corrected chi connectivity index (χ1v) is 9.51. The average molecular weight is 366 g/mol. The van der Waals surface area contributed by atoms with Crippen molar-refractivity contribution in [2.24, 2.45) is 0 Å². The van der Waals surface area contributed by atoms with Gasteiger partial charge in [0, 0.05) is 12.2 Å². The van der Waals surface area contributed by atoms with E-state index in [1.54, 1.807) is 30.9 Å². The summed E-state index contributed by atoms with van der Waals surface area (Å²) in [6.07, 6.45) is 1.91. The first-order chi connectivity index (χ1) is 12.9. The van der Waals surface area contributed by atoms with E-state index in [1.165, 1.54) is 11.1 Å². The van der Waals surface area contributed by atoms with Gasteiger partial charge in [-0.25, -0.2) is 9.78 Å². The second-order valence-electron chi connectivity index (χ2n) is 7.15. The fourth-order valence-corrected chi connectivity index (χ4v) is 3.43. The topological polar surface area (TPSA) is 59.5 Å². The van der Waals surface area contributed by atoms with Gasteiger partial charge in [0.25, 0.3) is 5.91 Å². The third-order valence-corrected chi connectivity index (χ3v) is 4.93. The van der Waals surface area contributed by atoms with Gasteiger partial charge in [0.2, 0.25) is 0 Å². The van der Waals surface area contributed by atoms with E-state index in [2.05, 4.69) is 31.0 Å². The summed E-state index contributed by atoms with van der Waals surface area (Å²) in [5.41, 5.74) is 4.71. The molecule has 1 aliphatic heterocycles. The van der Waals surface area contributed by atoms with Crippen molar-refractivity contribution < 1.29 is 14.3 Å². The number of hydrogen-bond donors (Lipinski definition) is 0. The molecule has 0 N–H and O–H groups in total. The Bertz CT molecular complexity index is 874. The van der Waals surface area contributed by atoms with Crippen molar-refractivity contribution in [3.63, 3.8) is 0 Å². The molecule has 1 aromatic carbocycles. The Hall–Kier alpha value is -2.69. The molecule has 2 aromatic rings. The summed E-state index contributed by atoms with van der Waals surface area (Å²) in [5, 5.41) is 0. The third-order valence-electron chi connectivity index (χ3n) is 4.93. The molecule has 0 fully saturated rings. The Morgan fingerprint density at radius 1 is 1.22 bits per heavy atom. The highest BCUT2D eigenvalue weighted by Gasteiger charge is 2.25. The van der Waals surface area contributed by atoms with Crippen LogP contribution in [0.25, 0.3) is 0 Å². The van der Waals surface area contributed by atoms with Gasteiger partial charge in [-0.15, -0.1) is 0 Å². The molecule has 0 spiro atoms. The molecular weight excluding hydrogens is 340 g/mol. The van der Waals surface area contributed by atoms with E-state index in [0.29, 0.717) is 36.0 Å². The van der Waals surface area contributed by atoms with Crippen LogP contribution < -0.4 is 4.90 Å². The van der Waals surface area contributed by atoms with Gasteiger partial charge in [0.1, 0.15) is 5.69 Å². The van der Waals surface area contributed by atoms with Crippen molar-refractivity contribution >= 4 is 17.6 Å². The van der Waals surface area contributed by atoms with Crippen LogP contribution in [0.1, 0.15) is 70.8 Å². The first kappa shape index (κ1) is 19.1. The van der Waals surface area contributed by atoms with Crippen molar-refractivity contribution in [2.45, 2.75) is 46.5 Å². The molecule has 0 bridgehead atoms. The fourth-order valence-electron chi connectivity index (χ4n) is 3.43. The van der Waals surface area contributed by atoms with Gasteiger partial charge in [-0.3, -0.25) is 4.79 Å². The van der Waals surface area contributed by atoms with Crippen LogP contribution in [-0.2, 0) is 11.2 Å². The number of hydrogen-bond acceptors (Lipinski definition) is 4. The summed E-state index contributed by atoms with van der Waals surface area (Å²) in [7, 11) is 0. The minimum atomic E-state index is -0.411. The SMILES string of the molecule is CCOC(=O)c1ccc(C(=O)N2CCCc3cc(C(C)C)ccc32)nc1C. The summed E-state index contributed by atoms with van der Waals surface area (Å²) in [6.45, 7) is 8.81. The molecule has 1 amide bonds. The second kappa shape index (κ2) is 7.91. The molecule has 0 saturated heterocycles. The number of aromatic nitrogens is 1. The van der Waals surface area contributed by atoms with Crippen molar-refractivity contribution in [1.82, 2.24) is 4.98 Å². The molecule has 2 heterocycles. The van der Waals surface area contributed by atoms with Crippen LogP contribution in [0.5, 0.6) is 0 Å². The van der Waals surface area contributed by atoms with Crippen LogP contribution >= 0.6 is 0 Å². The normalized spacial score (nSPS) is 13.4. The van der Waals surface area contributed by atoms with E-state index >= 15 is 0 Å². The standard InChI is InChI=1S/C22H26N2O3/c1-5-27-22(26)18-9-10-19(23-15(18)4)21(25)24-12-6-7-17-13-16(14(2)3)8-11-20(17)24/h8-11,13-14H,5-7,12H2,1-4H3. The molecule has 27 heavy (non-hydrogen) atoms.